The number of aromatic nitrogens is 1. The van der Waals surface area contributed by atoms with Crippen molar-refractivity contribution in [2.75, 3.05) is 10.6 Å². The average molecular weight is 273 g/mol. The summed E-state index contributed by atoms with van der Waals surface area (Å²) in [5, 5.41) is 6.17. The van der Waals surface area contributed by atoms with Crippen LogP contribution in [0.4, 0.5) is 11.4 Å². The molecule has 2 rings (SSSR count). The first-order valence-electron chi connectivity index (χ1n) is 6.69. The van der Waals surface area contributed by atoms with Crippen LogP contribution >= 0.6 is 0 Å². The van der Waals surface area contributed by atoms with Crippen LogP contribution in [0.5, 0.6) is 0 Å². The standard InChI is InChI=1S/C15H19N3O2/c1-4-15(2,3)18-12-11(13(19)14(12)20)17-9-10-5-7-16-8-6-10/h5-8,17-18H,4,9H2,1-3H3. The molecule has 5 heteroatoms. The Balaban J connectivity index is 2.12. The van der Waals surface area contributed by atoms with E-state index in [1.807, 2.05) is 32.9 Å². The van der Waals surface area contributed by atoms with E-state index in [0.29, 0.717) is 17.9 Å². The van der Waals surface area contributed by atoms with Crippen molar-refractivity contribution in [2.24, 2.45) is 0 Å². The molecule has 106 valence electrons. The van der Waals surface area contributed by atoms with Gasteiger partial charge in [-0.2, -0.15) is 0 Å². The number of hydrogen-bond donors (Lipinski definition) is 2. The zero-order valence-corrected chi connectivity index (χ0v) is 12.0. The average Bonchev–Trinajstić information content (AvgIpc) is 2.47. The van der Waals surface area contributed by atoms with Crippen LogP contribution in [0.15, 0.2) is 34.1 Å². The van der Waals surface area contributed by atoms with Crippen LogP contribution in [0.3, 0.4) is 0 Å². The van der Waals surface area contributed by atoms with Crippen LogP contribution in [0, 0.1) is 0 Å². The Kier molecular flexibility index (Phi) is 3.88. The van der Waals surface area contributed by atoms with E-state index in [9.17, 15) is 9.59 Å². The molecule has 2 aromatic rings. The molecule has 5 nitrogen and oxygen atoms in total. The van der Waals surface area contributed by atoms with E-state index in [1.165, 1.54) is 0 Å². The molecular formula is C15H19N3O2. The molecule has 0 unspecified atom stereocenters. The zero-order chi connectivity index (χ0) is 14.8. The summed E-state index contributed by atoms with van der Waals surface area (Å²) in [7, 11) is 0. The predicted octanol–water partition coefficient (Wildman–Crippen LogP) is 1.89. The van der Waals surface area contributed by atoms with Crippen molar-refractivity contribution in [3.05, 3.63) is 50.5 Å². The number of hydrogen-bond acceptors (Lipinski definition) is 5. The minimum Gasteiger partial charge on any atom is -0.376 e. The van der Waals surface area contributed by atoms with Crippen molar-refractivity contribution in [3.8, 4) is 0 Å². The van der Waals surface area contributed by atoms with Gasteiger partial charge in [0.05, 0.1) is 0 Å². The lowest BCUT2D eigenvalue weighted by Crippen LogP contribution is -2.42. The quantitative estimate of drug-likeness (QED) is 0.786. The second-order valence-corrected chi connectivity index (χ2v) is 5.48. The summed E-state index contributed by atoms with van der Waals surface area (Å²) in [4.78, 5) is 27.2. The van der Waals surface area contributed by atoms with Gasteiger partial charge in [0.25, 0.3) is 10.9 Å². The fourth-order valence-corrected chi connectivity index (χ4v) is 1.80. The summed E-state index contributed by atoms with van der Waals surface area (Å²) in [5.41, 5.74) is 0.685. The SMILES string of the molecule is CCC(C)(C)Nc1c(NCc2ccncc2)c(=O)c1=O. The Morgan fingerprint density at radius 2 is 1.70 bits per heavy atom. The van der Waals surface area contributed by atoms with Crippen LogP contribution in [-0.2, 0) is 6.54 Å². The van der Waals surface area contributed by atoms with E-state index >= 15 is 0 Å². The van der Waals surface area contributed by atoms with Gasteiger partial charge in [-0.15, -0.1) is 0 Å². The van der Waals surface area contributed by atoms with Crippen LogP contribution < -0.4 is 21.5 Å². The van der Waals surface area contributed by atoms with Gasteiger partial charge in [-0.3, -0.25) is 14.6 Å². The van der Waals surface area contributed by atoms with Crippen LogP contribution in [0.2, 0.25) is 0 Å². The van der Waals surface area contributed by atoms with Crippen molar-refractivity contribution in [1.29, 1.82) is 0 Å². The van der Waals surface area contributed by atoms with Gasteiger partial charge in [0, 0.05) is 24.5 Å². The summed E-state index contributed by atoms with van der Waals surface area (Å²) in [5.74, 6) is 0. The molecule has 0 aliphatic heterocycles. The second kappa shape index (κ2) is 5.45. The van der Waals surface area contributed by atoms with Crippen molar-refractivity contribution >= 4 is 11.4 Å². The molecule has 0 atom stereocenters. The fraction of sp³-hybridized carbons (Fsp3) is 0.400. The fourth-order valence-electron chi connectivity index (χ4n) is 1.80. The Hall–Kier alpha value is -2.17. The highest BCUT2D eigenvalue weighted by Gasteiger charge is 2.25. The lowest BCUT2D eigenvalue weighted by atomic mass is 10.00. The number of nitrogens with zero attached hydrogens (tertiary/aromatic N) is 1. The minimum atomic E-state index is -0.451. The topological polar surface area (TPSA) is 71.1 Å². The lowest BCUT2D eigenvalue weighted by molar-refractivity contribution is 0.546. The van der Waals surface area contributed by atoms with Crippen molar-refractivity contribution < 1.29 is 0 Å². The smallest absolute Gasteiger partial charge is 0.253 e. The van der Waals surface area contributed by atoms with Crippen molar-refractivity contribution in [3.63, 3.8) is 0 Å². The van der Waals surface area contributed by atoms with Crippen molar-refractivity contribution in [1.82, 2.24) is 4.98 Å². The molecule has 0 amide bonds. The molecule has 0 bridgehead atoms. The maximum Gasteiger partial charge on any atom is 0.253 e. The monoisotopic (exact) mass is 273 g/mol. The van der Waals surface area contributed by atoms with Gasteiger partial charge in [0.2, 0.25) is 0 Å². The minimum absolute atomic E-state index is 0.213. The summed E-state index contributed by atoms with van der Waals surface area (Å²) in [6.07, 6.45) is 4.24. The molecule has 0 radical (unpaired) electrons. The molecule has 0 aliphatic rings. The number of anilines is 2. The molecule has 0 saturated heterocycles. The Bertz CT molecular complexity index is 655. The van der Waals surface area contributed by atoms with Gasteiger partial charge in [-0.25, -0.2) is 0 Å². The molecule has 20 heavy (non-hydrogen) atoms. The van der Waals surface area contributed by atoms with Gasteiger partial charge >= 0.3 is 0 Å². The molecule has 1 aromatic carbocycles. The number of rotatable bonds is 6. The first kappa shape index (κ1) is 14.2. The molecule has 0 saturated carbocycles. The number of nitrogens with one attached hydrogen (secondary N) is 2. The van der Waals surface area contributed by atoms with Gasteiger partial charge < -0.3 is 10.6 Å². The predicted molar refractivity (Wildman–Crippen MR) is 80.9 cm³/mol. The summed E-state index contributed by atoms with van der Waals surface area (Å²) >= 11 is 0. The summed E-state index contributed by atoms with van der Waals surface area (Å²) < 4.78 is 0. The molecule has 2 N–H and O–H groups in total. The van der Waals surface area contributed by atoms with Gasteiger partial charge in [0.1, 0.15) is 11.4 Å². The van der Waals surface area contributed by atoms with Crippen LogP contribution in [-0.4, -0.2) is 10.5 Å². The third-order valence-corrected chi connectivity index (χ3v) is 3.48. The lowest BCUT2D eigenvalue weighted by Gasteiger charge is -2.27. The molecule has 0 aliphatic carbocycles. The van der Waals surface area contributed by atoms with E-state index < -0.39 is 10.9 Å². The van der Waals surface area contributed by atoms with Gasteiger partial charge in [0.15, 0.2) is 0 Å². The van der Waals surface area contributed by atoms with E-state index in [-0.39, 0.29) is 5.54 Å². The van der Waals surface area contributed by atoms with Gasteiger partial charge in [-0.05, 0) is 38.0 Å². The molecule has 0 spiro atoms. The Morgan fingerprint density at radius 1 is 1.10 bits per heavy atom. The van der Waals surface area contributed by atoms with E-state index in [2.05, 4.69) is 15.6 Å². The van der Waals surface area contributed by atoms with Crippen LogP contribution in [0.25, 0.3) is 0 Å². The van der Waals surface area contributed by atoms with E-state index in [1.54, 1.807) is 12.4 Å². The third kappa shape index (κ3) is 2.87. The summed E-state index contributed by atoms with van der Waals surface area (Å²) in [6, 6.07) is 3.73. The molecular weight excluding hydrogens is 254 g/mol. The third-order valence-electron chi connectivity index (χ3n) is 3.48. The van der Waals surface area contributed by atoms with E-state index in [0.717, 1.165) is 12.0 Å². The number of pyridine rings is 1. The zero-order valence-electron chi connectivity index (χ0n) is 12.0. The molecule has 1 heterocycles. The Labute approximate surface area is 117 Å². The van der Waals surface area contributed by atoms with Gasteiger partial charge in [-0.1, -0.05) is 6.92 Å². The van der Waals surface area contributed by atoms with Crippen molar-refractivity contribution in [2.45, 2.75) is 39.3 Å². The molecule has 1 aromatic heterocycles. The highest BCUT2D eigenvalue weighted by atomic mass is 16.2. The Morgan fingerprint density at radius 3 is 2.30 bits per heavy atom. The maximum atomic E-state index is 11.7. The maximum absolute atomic E-state index is 11.7. The normalized spacial score (nSPS) is 11.6. The second-order valence-electron chi connectivity index (χ2n) is 5.48. The highest BCUT2D eigenvalue weighted by molar-refractivity contribution is 5.74. The van der Waals surface area contributed by atoms with Crippen LogP contribution in [0.1, 0.15) is 32.8 Å². The highest BCUT2D eigenvalue weighted by Crippen LogP contribution is 2.22. The first-order valence-corrected chi connectivity index (χ1v) is 6.69. The largest absolute Gasteiger partial charge is 0.376 e. The van der Waals surface area contributed by atoms with E-state index in [4.69, 9.17) is 0 Å². The molecule has 0 fully saturated rings. The summed E-state index contributed by atoms with van der Waals surface area (Å²) in [6.45, 7) is 6.52. The first-order chi connectivity index (χ1) is 9.44.